The van der Waals surface area contributed by atoms with Gasteiger partial charge in [0.1, 0.15) is 0 Å². The second kappa shape index (κ2) is 8.13. The topological polar surface area (TPSA) is 0 Å². The van der Waals surface area contributed by atoms with Crippen LogP contribution >= 0.6 is 0 Å². The van der Waals surface area contributed by atoms with Gasteiger partial charge in [0.2, 0.25) is 0 Å². The zero-order chi connectivity index (χ0) is 17.9. The van der Waals surface area contributed by atoms with Crippen LogP contribution in [0.25, 0.3) is 6.08 Å². The molecule has 0 bridgehead atoms. The van der Waals surface area contributed by atoms with E-state index in [2.05, 4.69) is 84.9 Å². The van der Waals surface area contributed by atoms with Gasteiger partial charge in [0, 0.05) is 0 Å². The van der Waals surface area contributed by atoms with Gasteiger partial charge in [-0.15, -0.1) is 0 Å². The molecular formula is C23H32Zr. The van der Waals surface area contributed by atoms with Gasteiger partial charge in [-0.05, 0) is 0 Å². The maximum absolute atomic E-state index is 2.45. The zero-order valence-electron chi connectivity index (χ0n) is 16.5. The summed E-state index contributed by atoms with van der Waals surface area (Å²) in [6.07, 6.45) is 7.42. The standard InChI is InChI=1S/C10H15.C9H7.C4H10.Zr/c1-7-6-10(4,5)9(3)8(7)2;1-2-5-9-7-3-6-8(9)4-1;1-3-4-2;/h1-5H3;1-7H;3-4H2,1-2H3;. The molecule has 1 aromatic carbocycles. The summed E-state index contributed by atoms with van der Waals surface area (Å²) in [6.45, 7) is 16.2. The number of hydrogen-bond acceptors (Lipinski definition) is 0. The van der Waals surface area contributed by atoms with Gasteiger partial charge in [-0.25, -0.2) is 0 Å². The third-order valence-electron chi connectivity index (χ3n) is 5.66. The fourth-order valence-electron chi connectivity index (χ4n) is 3.41. The molecule has 1 aromatic rings. The molecule has 0 saturated carbocycles. The number of benzene rings is 1. The van der Waals surface area contributed by atoms with Crippen molar-refractivity contribution in [2.45, 2.75) is 64.9 Å². The van der Waals surface area contributed by atoms with Crippen LogP contribution in [-0.4, -0.2) is 0 Å². The Morgan fingerprint density at radius 1 is 0.958 bits per heavy atom. The van der Waals surface area contributed by atoms with Crippen molar-refractivity contribution in [2.24, 2.45) is 5.41 Å². The van der Waals surface area contributed by atoms with Crippen molar-refractivity contribution in [1.82, 2.24) is 0 Å². The summed E-state index contributed by atoms with van der Waals surface area (Å²) in [7, 11) is 0. The largest absolute Gasteiger partial charge is 0.0654 e. The average Bonchev–Trinajstić information content (AvgIpc) is 3.05. The van der Waals surface area contributed by atoms with Crippen molar-refractivity contribution in [1.29, 1.82) is 0 Å². The Balaban J connectivity index is 0.000000471. The van der Waals surface area contributed by atoms with E-state index in [0.29, 0.717) is 5.41 Å². The van der Waals surface area contributed by atoms with Crippen LogP contribution in [0.2, 0.25) is 0 Å². The van der Waals surface area contributed by atoms with Crippen molar-refractivity contribution in [3.05, 3.63) is 61.5 Å². The van der Waals surface area contributed by atoms with Crippen LogP contribution < -0.4 is 0 Å². The first-order chi connectivity index (χ1) is 11.3. The minimum absolute atomic E-state index is 0.297. The van der Waals surface area contributed by atoms with Crippen LogP contribution in [0.5, 0.6) is 0 Å². The van der Waals surface area contributed by atoms with Gasteiger partial charge in [-0.1, -0.05) is 26.7 Å². The molecule has 0 aromatic heterocycles. The van der Waals surface area contributed by atoms with Crippen molar-refractivity contribution >= 4 is 6.08 Å². The van der Waals surface area contributed by atoms with Crippen molar-refractivity contribution in [3.8, 4) is 0 Å². The maximum atomic E-state index is 2.45. The summed E-state index contributed by atoms with van der Waals surface area (Å²) in [6, 6.07) is 8.91. The number of allylic oxidation sites excluding steroid dienone is 5. The summed E-state index contributed by atoms with van der Waals surface area (Å²) >= 11 is -0.636. The molecule has 128 valence electrons. The first-order valence-electron chi connectivity index (χ1n) is 9.27. The van der Waals surface area contributed by atoms with E-state index in [9.17, 15) is 0 Å². The van der Waals surface area contributed by atoms with E-state index in [1.807, 2.05) is 0 Å². The van der Waals surface area contributed by atoms with Crippen LogP contribution in [-0.2, 0) is 23.2 Å². The Kier molecular flexibility index (Phi) is 6.66. The van der Waals surface area contributed by atoms with Crippen molar-refractivity contribution < 1.29 is 23.2 Å². The van der Waals surface area contributed by atoms with E-state index in [1.54, 1.807) is 25.6 Å². The number of rotatable bonds is 3. The predicted molar refractivity (Wildman–Crippen MR) is 104 cm³/mol. The molecule has 3 rings (SSSR count). The normalized spacial score (nSPS) is 20.9. The maximum Gasteiger partial charge on any atom is -0.0564 e. The summed E-state index contributed by atoms with van der Waals surface area (Å²) in [5.41, 5.74) is 8.02. The van der Waals surface area contributed by atoms with Gasteiger partial charge in [-0.3, -0.25) is 0 Å². The van der Waals surface area contributed by atoms with Crippen LogP contribution in [0.15, 0.2) is 50.3 Å². The van der Waals surface area contributed by atoms with E-state index >= 15 is 0 Å². The van der Waals surface area contributed by atoms with E-state index in [0.717, 1.165) is 3.63 Å². The number of fused-ring (bicyclic) bond motifs is 1. The van der Waals surface area contributed by atoms with Crippen LogP contribution in [0, 0.1) is 5.41 Å². The van der Waals surface area contributed by atoms with E-state index in [1.165, 1.54) is 18.4 Å². The van der Waals surface area contributed by atoms with Crippen LogP contribution in [0.3, 0.4) is 0 Å². The van der Waals surface area contributed by atoms with Crippen molar-refractivity contribution in [3.63, 3.8) is 0 Å². The summed E-state index contributed by atoms with van der Waals surface area (Å²) < 4.78 is 2.51. The van der Waals surface area contributed by atoms with Gasteiger partial charge < -0.3 is 0 Å². The van der Waals surface area contributed by atoms with E-state index < -0.39 is 23.2 Å². The molecule has 1 unspecified atom stereocenters. The second-order valence-electron chi connectivity index (χ2n) is 7.49. The quantitative estimate of drug-likeness (QED) is 0.500. The molecule has 24 heavy (non-hydrogen) atoms. The smallest absolute Gasteiger partial charge is 0.0564 e. The van der Waals surface area contributed by atoms with Gasteiger partial charge in [0.05, 0.1) is 0 Å². The predicted octanol–water partition coefficient (Wildman–Crippen LogP) is 7.29. The fraction of sp³-hybridized carbons (Fsp3) is 0.478. The van der Waals surface area contributed by atoms with Gasteiger partial charge in [-0.2, -0.15) is 0 Å². The van der Waals surface area contributed by atoms with E-state index in [4.69, 9.17) is 0 Å². The van der Waals surface area contributed by atoms with Gasteiger partial charge in [0.25, 0.3) is 0 Å². The molecule has 0 N–H and O–H groups in total. The summed E-state index contributed by atoms with van der Waals surface area (Å²) in [5, 5.41) is 0. The molecule has 0 amide bonds. The Bertz CT molecular complexity index is 684. The summed E-state index contributed by atoms with van der Waals surface area (Å²) in [4.78, 5) is 0. The molecular weight excluding hydrogens is 367 g/mol. The van der Waals surface area contributed by atoms with Gasteiger partial charge >= 0.3 is 134 Å². The third-order valence-corrected chi connectivity index (χ3v) is 10.8. The zero-order valence-corrected chi connectivity index (χ0v) is 18.9. The Morgan fingerprint density at radius 3 is 2.12 bits per heavy atom. The molecule has 0 saturated heterocycles. The van der Waals surface area contributed by atoms with Crippen LogP contribution in [0.1, 0.15) is 76.1 Å². The molecule has 0 heterocycles. The average molecular weight is 400 g/mol. The Hall–Kier alpha value is -0.677. The minimum atomic E-state index is -0.636. The number of hydrogen-bond donors (Lipinski definition) is 0. The molecule has 0 spiro atoms. The third kappa shape index (κ3) is 3.77. The minimum Gasteiger partial charge on any atom is -0.0654 e. The summed E-state index contributed by atoms with van der Waals surface area (Å²) in [5.74, 6) is 0. The monoisotopic (exact) mass is 398 g/mol. The van der Waals surface area contributed by atoms with Gasteiger partial charge in [0.15, 0.2) is 0 Å². The molecule has 2 aliphatic carbocycles. The molecule has 0 aliphatic heterocycles. The second-order valence-corrected chi connectivity index (χ2v) is 11.0. The molecule has 0 fully saturated rings. The SMILES string of the molecule is CC1=C(C)C(C)(C)[C]([Zr][CH]2C=Cc3ccccc32)=C1C.CCCC. The molecule has 1 heteroatoms. The molecule has 1 atom stereocenters. The Labute approximate surface area is 160 Å². The molecule has 0 radical (unpaired) electrons. The Morgan fingerprint density at radius 2 is 1.58 bits per heavy atom. The molecule has 0 nitrogen and oxygen atoms in total. The molecule has 2 aliphatic rings. The number of unbranched alkanes of at least 4 members (excludes halogenated alkanes) is 1. The van der Waals surface area contributed by atoms with E-state index in [-0.39, 0.29) is 0 Å². The fourth-order valence-corrected chi connectivity index (χ4v) is 8.02. The first-order valence-corrected chi connectivity index (χ1v) is 11.9. The van der Waals surface area contributed by atoms with Crippen molar-refractivity contribution in [2.75, 3.05) is 0 Å². The van der Waals surface area contributed by atoms with Crippen LogP contribution in [0.4, 0.5) is 0 Å². The first kappa shape index (κ1) is 19.6.